The Balaban J connectivity index is 2.44. The first-order valence-electron chi connectivity index (χ1n) is 8.42. The van der Waals surface area contributed by atoms with Gasteiger partial charge < -0.3 is 10.6 Å². The molecule has 0 unspecified atom stereocenters. The Morgan fingerprint density at radius 1 is 1.08 bits per heavy atom. The van der Waals surface area contributed by atoms with Crippen LogP contribution in [0.1, 0.15) is 37.3 Å². The van der Waals surface area contributed by atoms with E-state index in [0.29, 0.717) is 23.9 Å². The van der Waals surface area contributed by atoms with Crippen molar-refractivity contribution in [3.05, 3.63) is 29.3 Å². The Kier molecular flexibility index (Phi) is 8.78. The standard InChI is InChI=1S/C17H30N4O2S/c1-5-6-7-10-19-17(18-4)20-11-12-21-24(22,23)16-13-14(2)8-9-15(16)3/h8-9,13,21H,5-7,10-12H2,1-4H3,(H2,18,19,20). The van der Waals surface area contributed by atoms with Gasteiger partial charge in [-0.15, -0.1) is 0 Å². The molecule has 0 saturated carbocycles. The van der Waals surface area contributed by atoms with Gasteiger partial charge in [0.05, 0.1) is 4.90 Å². The van der Waals surface area contributed by atoms with Crippen LogP contribution < -0.4 is 15.4 Å². The molecule has 0 amide bonds. The molecule has 0 aliphatic rings. The number of rotatable bonds is 9. The summed E-state index contributed by atoms with van der Waals surface area (Å²) in [6.07, 6.45) is 3.45. The first-order chi connectivity index (χ1) is 11.4. The van der Waals surface area contributed by atoms with Crippen LogP contribution in [-0.4, -0.2) is 41.1 Å². The van der Waals surface area contributed by atoms with Crippen LogP contribution in [0.4, 0.5) is 0 Å². The second kappa shape index (κ2) is 10.3. The fourth-order valence-electron chi connectivity index (χ4n) is 2.24. The molecule has 1 rings (SSSR count). The van der Waals surface area contributed by atoms with Gasteiger partial charge in [0.2, 0.25) is 10.0 Å². The van der Waals surface area contributed by atoms with Gasteiger partial charge in [-0.1, -0.05) is 31.9 Å². The van der Waals surface area contributed by atoms with E-state index in [0.717, 1.165) is 24.1 Å². The number of nitrogens with zero attached hydrogens (tertiary/aromatic N) is 1. The average molecular weight is 355 g/mol. The van der Waals surface area contributed by atoms with Crippen molar-refractivity contribution in [1.82, 2.24) is 15.4 Å². The van der Waals surface area contributed by atoms with Crippen molar-refractivity contribution in [1.29, 1.82) is 0 Å². The molecule has 0 heterocycles. The molecule has 0 aromatic heterocycles. The molecule has 6 nitrogen and oxygen atoms in total. The zero-order valence-corrected chi connectivity index (χ0v) is 16.0. The van der Waals surface area contributed by atoms with Gasteiger partial charge >= 0.3 is 0 Å². The summed E-state index contributed by atoms with van der Waals surface area (Å²) in [5, 5.41) is 6.32. The molecule has 24 heavy (non-hydrogen) atoms. The molecule has 0 spiro atoms. The molecule has 136 valence electrons. The van der Waals surface area contributed by atoms with Gasteiger partial charge in [0.25, 0.3) is 0 Å². The molecule has 0 atom stereocenters. The first-order valence-corrected chi connectivity index (χ1v) is 9.90. The van der Waals surface area contributed by atoms with Crippen LogP contribution in [0.3, 0.4) is 0 Å². The van der Waals surface area contributed by atoms with E-state index in [4.69, 9.17) is 0 Å². The van der Waals surface area contributed by atoms with E-state index in [-0.39, 0.29) is 0 Å². The summed E-state index contributed by atoms with van der Waals surface area (Å²) in [6.45, 7) is 7.47. The lowest BCUT2D eigenvalue weighted by molar-refractivity contribution is 0.579. The Morgan fingerprint density at radius 2 is 1.79 bits per heavy atom. The molecular formula is C17H30N4O2S. The van der Waals surface area contributed by atoms with Gasteiger partial charge in [-0.2, -0.15) is 0 Å². The van der Waals surface area contributed by atoms with E-state index in [1.165, 1.54) is 12.8 Å². The first kappa shape index (κ1) is 20.4. The van der Waals surface area contributed by atoms with E-state index in [1.54, 1.807) is 20.0 Å². The quantitative estimate of drug-likeness (QED) is 0.359. The number of aliphatic imine (C=N–C) groups is 1. The number of aryl methyl sites for hydroxylation is 2. The highest BCUT2D eigenvalue weighted by Crippen LogP contribution is 2.16. The lowest BCUT2D eigenvalue weighted by Gasteiger charge is -2.13. The van der Waals surface area contributed by atoms with Crippen LogP contribution in [0.5, 0.6) is 0 Å². The number of guanidine groups is 1. The monoisotopic (exact) mass is 354 g/mol. The van der Waals surface area contributed by atoms with Crippen molar-refractivity contribution in [2.45, 2.75) is 44.9 Å². The third kappa shape index (κ3) is 6.88. The maximum atomic E-state index is 12.4. The van der Waals surface area contributed by atoms with Crippen molar-refractivity contribution in [2.24, 2.45) is 4.99 Å². The highest BCUT2D eigenvalue weighted by atomic mass is 32.2. The predicted octanol–water partition coefficient (Wildman–Crippen LogP) is 1.94. The van der Waals surface area contributed by atoms with E-state index in [2.05, 4.69) is 27.3 Å². The maximum absolute atomic E-state index is 12.4. The number of unbranched alkanes of at least 4 members (excludes halogenated alkanes) is 2. The molecule has 0 bridgehead atoms. The number of hydrogen-bond donors (Lipinski definition) is 3. The number of sulfonamides is 1. The molecule has 0 aliphatic heterocycles. The summed E-state index contributed by atoms with van der Waals surface area (Å²) < 4.78 is 27.4. The van der Waals surface area contributed by atoms with Crippen molar-refractivity contribution >= 4 is 16.0 Å². The van der Waals surface area contributed by atoms with Gasteiger partial charge in [0.1, 0.15) is 0 Å². The number of hydrogen-bond acceptors (Lipinski definition) is 3. The molecular weight excluding hydrogens is 324 g/mol. The van der Waals surface area contributed by atoms with Gasteiger partial charge in [-0.3, -0.25) is 4.99 Å². The smallest absolute Gasteiger partial charge is 0.240 e. The summed E-state index contributed by atoms with van der Waals surface area (Å²) in [5.74, 6) is 0.692. The van der Waals surface area contributed by atoms with E-state index < -0.39 is 10.0 Å². The average Bonchev–Trinajstić information content (AvgIpc) is 2.55. The molecule has 0 saturated heterocycles. The third-order valence-corrected chi connectivity index (χ3v) is 5.24. The SMILES string of the molecule is CCCCCNC(=NC)NCCNS(=O)(=O)c1cc(C)ccc1C. The summed E-state index contributed by atoms with van der Waals surface area (Å²) in [6, 6.07) is 5.42. The van der Waals surface area contributed by atoms with Crippen LogP contribution in [-0.2, 0) is 10.0 Å². The Labute approximate surface area is 146 Å². The zero-order valence-electron chi connectivity index (χ0n) is 15.1. The van der Waals surface area contributed by atoms with Gasteiger partial charge in [0, 0.05) is 26.7 Å². The molecule has 7 heteroatoms. The molecule has 0 fully saturated rings. The van der Waals surface area contributed by atoms with Crippen molar-refractivity contribution in [3.63, 3.8) is 0 Å². The van der Waals surface area contributed by atoms with E-state index in [1.807, 2.05) is 19.1 Å². The molecule has 0 radical (unpaired) electrons. The lowest BCUT2D eigenvalue weighted by Crippen LogP contribution is -2.41. The molecule has 1 aromatic carbocycles. The fourth-order valence-corrected chi connectivity index (χ4v) is 3.60. The van der Waals surface area contributed by atoms with Gasteiger partial charge in [-0.05, 0) is 37.5 Å². The summed E-state index contributed by atoms with van der Waals surface area (Å²) in [5.41, 5.74) is 1.67. The topological polar surface area (TPSA) is 82.6 Å². The van der Waals surface area contributed by atoms with Gasteiger partial charge in [-0.25, -0.2) is 13.1 Å². The maximum Gasteiger partial charge on any atom is 0.240 e. The Bertz CT molecular complexity index is 642. The van der Waals surface area contributed by atoms with Crippen molar-refractivity contribution in [3.8, 4) is 0 Å². The normalized spacial score (nSPS) is 12.2. The summed E-state index contributed by atoms with van der Waals surface area (Å²) in [4.78, 5) is 4.46. The van der Waals surface area contributed by atoms with Crippen LogP contribution in [0, 0.1) is 13.8 Å². The van der Waals surface area contributed by atoms with Gasteiger partial charge in [0.15, 0.2) is 5.96 Å². The largest absolute Gasteiger partial charge is 0.356 e. The van der Waals surface area contributed by atoms with Crippen LogP contribution in [0.15, 0.2) is 28.1 Å². The lowest BCUT2D eigenvalue weighted by atomic mass is 10.2. The Morgan fingerprint density at radius 3 is 2.46 bits per heavy atom. The minimum absolute atomic E-state index is 0.297. The van der Waals surface area contributed by atoms with E-state index in [9.17, 15) is 8.42 Å². The number of nitrogens with one attached hydrogen (secondary N) is 3. The van der Waals surface area contributed by atoms with Crippen molar-refractivity contribution in [2.75, 3.05) is 26.7 Å². The summed E-state index contributed by atoms with van der Waals surface area (Å²) >= 11 is 0. The van der Waals surface area contributed by atoms with E-state index >= 15 is 0 Å². The highest BCUT2D eigenvalue weighted by molar-refractivity contribution is 7.89. The van der Waals surface area contributed by atoms with Crippen LogP contribution in [0.2, 0.25) is 0 Å². The zero-order chi connectivity index (χ0) is 18.0. The molecule has 0 aliphatic carbocycles. The predicted molar refractivity (Wildman–Crippen MR) is 100.0 cm³/mol. The summed E-state index contributed by atoms with van der Waals surface area (Å²) in [7, 11) is -1.79. The Hall–Kier alpha value is -1.60. The highest BCUT2D eigenvalue weighted by Gasteiger charge is 2.16. The second-order valence-electron chi connectivity index (χ2n) is 5.80. The third-order valence-electron chi connectivity index (χ3n) is 3.64. The minimum atomic E-state index is -3.49. The van der Waals surface area contributed by atoms with Crippen LogP contribution in [0.25, 0.3) is 0 Å². The van der Waals surface area contributed by atoms with Crippen molar-refractivity contribution < 1.29 is 8.42 Å². The second-order valence-corrected chi connectivity index (χ2v) is 7.53. The minimum Gasteiger partial charge on any atom is -0.356 e. The molecule has 3 N–H and O–H groups in total. The fraction of sp³-hybridized carbons (Fsp3) is 0.588. The number of benzene rings is 1. The molecule has 1 aromatic rings. The van der Waals surface area contributed by atoms with Crippen LogP contribution >= 0.6 is 0 Å².